The second-order valence-corrected chi connectivity index (χ2v) is 5.17. The summed E-state index contributed by atoms with van der Waals surface area (Å²) >= 11 is 0. The average molecular weight is 321 g/mol. The zero-order valence-corrected chi connectivity index (χ0v) is 13.2. The molecule has 1 aromatic heterocycles. The van der Waals surface area contributed by atoms with Crippen LogP contribution in [0.2, 0.25) is 0 Å². The fourth-order valence-electron chi connectivity index (χ4n) is 2.50. The van der Waals surface area contributed by atoms with E-state index in [-0.39, 0.29) is 17.4 Å². The maximum Gasteiger partial charge on any atom is 0.360 e. The molecule has 1 heterocycles. The van der Waals surface area contributed by atoms with Crippen LogP contribution in [0.4, 0.5) is 5.82 Å². The molecule has 0 atom stereocenters. The van der Waals surface area contributed by atoms with Crippen LogP contribution in [0.15, 0.2) is 48.8 Å². The van der Waals surface area contributed by atoms with Gasteiger partial charge < -0.3 is 10.1 Å². The van der Waals surface area contributed by atoms with E-state index >= 15 is 0 Å². The number of nitrogens with zero attached hydrogens (tertiary/aromatic N) is 2. The standard InChI is InChI=1S/C18H15N3O3/c1-11-7-8-14(13-6-4-3-5-12(11)13)17(22)21-16-15(18(23)24-2)19-9-10-20-16/h3-10H,1-2H3,(H,20,21,22). The van der Waals surface area contributed by atoms with Gasteiger partial charge >= 0.3 is 5.97 Å². The minimum absolute atomic E-state index is 0.0373. The molecule has 0 aliphatic heterocycles. The Balaban J connectivity index is 2.01. The SMILES string of the molecule is COC(=O)c1nccnc1NC(=O)c1ccc(C)c2ccccc12. The van der Waals surface area contributed by atoms with Gasteiger partial charge in [-0.2, -0.15) is 0 Å². The van der Waals surface area contributed by atoms with Crippen LogP contribution in [0.25, 0.3) is 10.8 Å². The summed E-state index contributed by atoms with van der Waals surface area (Å²) in [5.74, 6) is -0.956. The van der Waals surface area contributed by atoms with Crippen molar-refractivity contribution in [3.63, 3.8) is 0 Å². The highest BCUT2D eigenvalue weighted by molar-refractivity contribution is 6.14. The number of nitrogens with one attached hydrogen (secondary N) is 1. The van der Waals surface area contributed by atoms with Gasteiger partial charge in [0.05, 0.1) is 7.11 Å². The highest BCUT2D eigenvalue weighted by atomic mass is 16.5. The van der Waals surface area contributed by atoms with Crippen molar-refractivity contribution in [2.24, 2.45) is 0 Å². The van der Waals surface area contributed by atoms with Gasteiger partial charge in [0, 0.05) is 18.0 Å². The zero-order chi connectivity index (χ0) is 17.1. The number of fused-ring (bicyclic) bond motifs is 1. The smallest absolute Gasteiger partial charge is 0.360 e. The van der Waals surface area contributed by atoms with Gasteiger partial charge in [0.1, 0.15) is 0 Å². The second-order valence-electron chi connectivity index (χ2n) is 5.17. The van der Waals surface area contributed by atoms with Gasteiger partial charge in [0.15, 0.2) is 11.5 Å². The number of carbonyl (C=O) groups is 2. The molecule has 0 radical (unpaired) electrons. The Bertz CT molecular complexity index is 938. The molecule has 0 aliphatic carbocycles. The van der Waals surface area contributed by atoms with E-state index in [1.165, 1.54) is 19.5 Å². The average Bonchev–Trinajstić information content (AvgIpc) is 2.62. The van der Waals surface area contributed by atoms with Crippen LogP contribution in [-0.2, 0) is 4.74 Å². The maximum atomic E-state index is 12.7. The number of aromatic nitrogens is 2. The van der Waals surface area contributed by atoms with Crippen molar-refractivity contribution in [2.75, 3.05) is 12.4 Å². The Morgan fingerprint density at radius 3 is 2.46 bits per heavy atom. The van der Waals surface area contributed by atoms with Gasteiger partial charge in [0.25, 0.3) is 5.91 Å². The van der Waals surface area contributed by atoms with E-state index < -0.39 is 5.97 Å². The van der Waals surface area contributed by atoms with E-state index in [0.29, 0.717) is 5.56 Å². The molecule has 6 heteroatoms. The largest absolute Gasteiger partial charge is 0.464 e. The first-order valence-corrected chi connectivity index (χ1v) is 7.31. The van der Waals surface area contributed by atoms with Crippen LogP contribution in [0.1, 0.15) is 26.4 Å². The minimum Gasteiger partial charge on any atom is -0.464 e. The van der Waals surface area contributed by atoms with Gasteiger partial charge in [-0.05, 0) is 29.3 Å². The van der Waals surface area contributed by atoms with Crippen molar-refractivity contribution in [2.45, 2.75) is 6.92 Å². The number of hydrogen-bond donors (Lipinski definition) is 1. The Morgan fingerprint density at radius 1 is 1.00 bits per heavy atom. The summed E-state index contributed by atoms with van der Waals surface area (Å²) in [5, 5.41) is 4.47. The lowest BCUT2D eigenvalue weighted by Crippen LogP contribution is -2.18. The quantitative estimate of drug-likeness (QED) is 0.750. The normalized spacial score (nSPS) is 10.4. The summed E-state index contributed by atoms with van der Waals surface area (Å²) in [4.78, 5) is 32.3. The number of aryl methyl sites for hydroxylation is 1. The molecule has 3 aromatic rings. The fraction of sp³-hybridized carbons (Fsp3) is 0.111. The Hall–Kier alpha value is -3.28. The molecule has 0 saturated heterocycles. The third kappa shape index (κ3) is 2.81. The van der Waals surface area contributed by atoms with Gasteiger partial charge in [-0.25, -0.2) is 14.8 Å². The van der Waals surface area contributed by atoms with Crippen molar-refractivity contribution in [1.82, 2.24) is 9.97 Å². The second kappa shape index (κ2) is 6.45. The molecule has 0 spiro atoms. The number of carbonyl (C=O) groups excluding carboxylic acids is 2. The first-order chi connectivity index (χ1) is 11.6. The first kappa shape index (κ1) is 15.6. The van der Waals surface area contributed by atoms with E-state index in [1.807, 2.05) is 37.3 Å². The van der Waals surface area contributed by atoms with Crippen molar-refractivity contribution >= 4 is 28.5 Å². The zero-order valence-electron chi connectivity index (χ0n) is 13.2. The molecule has 0 bridgehead atoms. The first-order valence-electron chi connectivity index (χ1n) is 7.31. The number of ether oxygens (including phenoxy) is 1. The molecule has 120 valence electrons. The molecule has 1 amide bonds. The van der Waals surface area contributed by atoms with E-state index in [1.54, 1.807) is 6.07 Å². The molecule has 0 saturated carbocycles. The summed E-state index contributed by atoms with van der Waals surface area (Å²) in [5.41, 5.74) is 1.54. The molecule has 1 N–H and O–H groups in total. The number of anilines is 1. The number of hydrogen-bond acceptors (Lipinski definition) is 5. The molecule has 0 fully saturated rings. The summed E-state index contributed by atoms with van der Waals surface area (Å²) < 4.78 is 4.66. The third-order valence-electron chi connectivity index (χ3n) is 3.70. The molecule has 0 unspecified atom stereocenters. The van der Waals surface area contributed by atoms with Gasteiger partial charge in [-0.3, -0.25) is 4.79 Å². The summed E-state index contributed by atoms with van der Waals surface area (Å²) in [6.45, 7) is 1.99. The molecule has 24 heavy (non-hydrogen) atoms. The van der Waals surface area contributed by atoms with E-state index in [9.17, 15) is 9.59 Å². The van der Waals surface area contributed by atoms with Gasteiger partial charge in [0.2, 0.25) is 0 Å². The molecular weight excluding hydrogens is 306 g/mol. The lowest BCUT2D eigenvalue weighted by atomic mass is 10.00. The predicted octanol–water partition coefficient (Wildman–Crippen LogP) is 2.98. The molecule has 3 rings (SSSR count). The van der Waals surface area contributed by atoms with Crippen LogP contribution in [0, 0.1) is 6.92 Å². The van der Waals surface area contributed by atoms with Crippen LogP contribution in [-0.4, -0.2) is 29.0 Å². The monoisotopic (exact) mass is 321 g/mol. The Labute approximate surface area is 138 Å². The maximum absolute atomic E-state index is 12.7. The fourth-order valence-corrected chi connectivity index (χ4v) is 2.50. The molecular formula is C18H15N3O3. The highest BCUT2D eigenvalue weighted by Gasteiger charge is 2.18. The topological polar surface area (TPSA) is 81.2 Å². The van der Waals surface area contributed by atoms with Crippen molar-refractivity contribution < 1.29 is 14.3 Å². The number of benzene rings is 2. The van der Waals surface area contributed by atoms with Crippen LogP contribution < -0.4 is 5.32 Å². The highest BCUT2D eigenvalue weighted by Crippen LogP contribution is 2.23. The lowest BCUT2D eigenvalue weighted by Gasteiger charge is -2.10. The molecule has 0 aliphatic rings. The summed E-state index contributed by atoms with van der Waals surface area (Å²) in [6.07, 6.45) is 2.76. The number of esters is 1. The predicted molar refractivity (Wildman–Crippen MR) is 90.0 cm³/mol. The Morgan fingerprint density at radius 2 is 1.71 bits per heavy atom. The van der Waals surface area contributed by atoms with E-state index in [4.69, 9.17) is 0 Å². The minimum atomic E-state index is -0.660. The molecule has 6 nitrogen and oxygen atoms in total. The summed E-state index contributed by atoms with van der Waals surface area (Å²) in [7, 11) is 1.25. The van der Waals surface area contributed by atoms with Crippen molar-refractivity contribution in [3.8, 4) is 0 Å². The van der Waals surface area contributed by atoms with Crippen molar-refractivity contribution in [1.29, 1.82) is 0 Å². The number of rotatable bonds is 3. The van der Waals surface area contributed by atoms with E-state index in [0.717, 1.165) is 16.3 Å². The third-order valence-corrected chi connectivity index (χ3v) is 3.70. The Kier molecular flexibility index (Phi) is 4.20. The van der Waals surface area contributed by atoms with E-state index in [2.05, 4.69) is 20.0 Å². The van der Waals surface area contributed by atoms with Crippen LogP contribution in [0.5, 0.6) is 0 Å². The van der Waals surface area contributed by atoms with Crippen LogP contribution in [0.3, 0.4) is 0 Å². The summed E-state index contributed by atoms with van der Waals surface area (Å²) in [6, 6.07) is 11.3. The van der Waals surface area contributed by atoms with Gasteiger partial charge in [-0.15, -0.1) is 0 Å². The number of methoxy groups -OCH3 is 1. The number of amides is 1. The van der Waals surface area contributed by atoms with Gasteiger partial charge in [-0.1, -0.05) is 30.3 Å². The molecule has 2 aromatic carbocycles. The van der Waals surface area contributed by atoms with Crippen molar-refractivity contribution in [3.05, 3.63) is 65.6 Å². The lowest BCUT2D eigenvalue weighted by molar-refractivity contribution is 0.0595. The van der Waals surface area contributed by atoms with Crippen LogP contribution >= 0.6 is 0 Å².